The molecule has 2 rings (SSSR count). The molecule has 2 unspecified atom stereocenters. The number of benzene rings is 2. The second-order valence-corrected chi connectivity index (χ2v) is 12.7. The van der Waals surface area contributed by atoms with Crippen LogP contribution in [0, 0.1) is 0 Å². The van der Waals surface area contributed by atoms with E-state index in [1.807, 2.05) is 0 Å². The molecule has 0 aromatic heterocycles. The van der Waals surface area contributed by atoms with Crippen molar-refractivity contribution in [3.8, 4) is 5.75 Å². The Kier molecular flexibility index (Phi) is 11.0. The third-order valence-corrected chi connectivity index (χ3v) is 8.82. The van der Waals surface area contributed by atoms with Crippen LogP contribution in [0.1, 0.15) is 84.3 Å². The van der Waals surface area contributed by atoms with Crippen LogP contribution in [-0.4, -0.2) is 28.4 Å². The van der Waals surface area contributed by atoms with Crippen molar-refractivity contribution in [2.24, 2.45) is 0 Å². The minimum absolute atomic E-state index is 0.113. The van der Waals surface area contributed by atoms with Gasteiger partial charge < -0.3 is 13.6 Å². The zero-order valence-corrected chi connectivity index (χ0v) is 22.4. The lowest BCUT2D eigenvalue weighted by Gasteiger charge is -2.23. The van der Waals surface area contributed by atoms with Crippen LogP contribution in [0.3, 0.4) is 0 Å². The van der Waals surface area contributed by atoms with E-state index in [0.29, 0.717) is 11.8 Å². The van der Waals surface area contributed by atoms with Gasteiger partial charge in [-0.3, -0.25) is 0 Å². The summed E-state index contributed by atoms with van der Waals surface area (Å²) in [5, 5.41) is 1.18. The molecule has 0 N–H and O–H groups in total. The van der Waals surface area contributed by atoms with Crippen molar-refractivity contribution < 1.29 is 13.6 Å². The highest BCUT2D eigenvalue weighted by Gasteiger charge is 2.31. The normalized spacial score (nSPS) is 13.7. The van der Waals surface area contributed by atoms with Crippen LogP contribution in [-0.2, 0) is 8.85 Å². The average Bonchev–Trinajstić information content (AvgIpc) is 2.77. The Bertz CT molecular complexity index is 744. The van der Waals surface area contributed by atoms with Crippen LogP contribution in [0.5, 0.6) is 5.75 Å². The lowest BCUT2D eigenvalue weighted by atomic mass is 9.99. The third-order valence-electron chi connectivity index (χ3n) is 5.88. The fourth-order valence-electron chi connectivity index (χ4n) is 3.12. The maximum absolute atomic E-state index is 5.77. The minimum atomic E-state index is -2.14. The predicted octanol–water partition coefficient (Wildman–Crippen LogP) is 7.15. The first-order valence-electron chi connectivity index (χ1n) is 11.5. The highest BCUT2D eigenvalue weighted by Crippen LogP contribution is 2.23. The zero-order valence-electron chi connectivity index (χ0n) is 21.4. The number of rotatable bonds is 8. The van der Waals surface area contributed by atoms with E-state index in [1.165, 1.54) is 29.2 Å². The molecule has 2 aromatic carbocycles. The number of hydrogen-bond acceptors (Lipinski definition) is 3. The molecule has 0 amide bonds. The van der Waals surface area contributed by atoms with Gasteiger partial charge in [0.2, 0.25) is 0 Å². The number of ether oxygens (including phenoxy) is 1. The van der Waals surface area contributed by atoms with Gasteiger partial charge in [-0.25, -0.2) is 0 Å². The fourth-order valence-corrected chi connectivity index (χ4v) is 4.53. The molecule has 0 aliphatic heterocycles. The highest BCUT2D eigenvalue weighted by atomic mass is 28.4. The van der Waals surface area contributed by atoms with Gasteiger partial charge in [-0.1, -0.05) is 64.1 Å². The third kappa shape index (κ3) is 8.80. The molecular weight excluding hydrogens is 400 g/mol. The maximum Gasteiger partial charge on any atom is 0.368 e. The van der Waals surface area contributed by atoms with Crippen molar-refractivity contribution in [3.05, 3.63) is 59.7 Å². The van der Waals surface area contributed by atoms with Crippen molar-refractivity contribution in [1.82, 2.24) is 0 Å². The summed E-state index contributed by atoms with van der Waals surface area (Å²) in [6.45, 7) is 17.2. The van der Waals surface area contributed by atoms with Gasteiger partial charge in [0.05, 0.1) is 0 Å². The number of hydrogen-bond donors (Lipinski definition) is 0. The summed E-state index contributed by atoms with van der Waals surface area (Å²) in [6, 6.07) is 17.1. The van der Waals surface area contributed by atoms with Gasteiger partial charge >= 0.3 is 8.56 Å². The molecule has 0 spiro atoms. The summed E-state index contributed by atoms with van der Waals surface area (Å²) in [5.41, 5.74) is 2.66. The standard InChI is InChI=1S/C14H22O.C13H22O2Si/c1-6-11(2)12-7-9-13(10-8-12)15-14(3,4)5;1-6-11(2)12-7-9-13(10-8-12)16(5,14-3)15-4/h7-11H,6H2,1-5H3;7-11H,6H2,1-5H3. The van der Waals surface area contributed by atoms with Gasteiger partial charge in [-0.2, -0.15) is 0 Å². The van der Waals surface area contributed by atoms with Crippen molar-refractivity contribution in [2.75, 3.05) is 14.2 Å². The van der Waals surface area contributed by atoms with E-state index in [2.05, 4.69) is 104 Å². The van der Waals surface area contributed by atoms with E-state index in [1.54, 1.807) is 14.2 Å². The highest BCUT2D eigenvalue weighted by molar-refractivity contribution is 6.79. The Balaban J connectivity index is 0.000000311. The molecule has 2 aromatic rings. The van der Waals surface area contributed by atoms with Gasteiger partial charge in [-0.15, -0.1) is 0 Å². The molecule has 0 heterocycles. The van der Waals surface area contributed by atoms with E-state index >= 15 is 0 Å². The van der Waals surface area contributed by atoms with Crippen LogP contribution < -0.4 is 9.92 Å². The van der Waals surface area contributed by atoms with Crippen LogP contribution in [0.2, 0.25) is 6.55 Å². The topological polar surface area (TPSA) is 27.7 Å². The monoisotopic (exact) mass is 444 g/mol. The summed E-state index contributed by atoms with van der Waals surface area (Å²) in [5.74, 6) is 2.20. The van der Waals surface area contributed by atoms with E-state index in [9.17, 15) is 0 Å². The van der Waals surface area contributed by atoms with Gasteiger partial charge in [0, 0.05) is 14.2 Å². The molecule has 0 fully saturated rings. The summed E-state index contributed by atoms with van der Waals surface area (Å²) < 4.78 is 16.8. The first-order chi connectivity index (χ1) is 14.5. The van der Waals surface area contributed by atoms with Crippen LogP contribution in [0.15, 0.2) is 48.5 Å². The van der Waals surface area contributed by atoms with E-state index in [-0.39, 0.29) is 5.60 Å². The molecule has 2 atom stereocenters. The van der Waals surface area contributed by atoms with Crippen molar-refractivity contribution in [3.63, 3.8) is 0 Å². The molecule has 31 heavy (non-hydrogen) atoms. The smallest absolute Gasteiger partial charge is 0.368 e. The van der Waals surface area contributed by atoms with Crippen molar-refractivity contribution in [2.45, 2.75) is 85.3 Å². The molecule has 0 bridgehead atoms. The largest absolute Gasteiger partial charge is 0.488 e. The Labute approximate surface area is 192 Å². The summed E-state index contributed by atoms with van der Waals surface area (Å²) >= 11 is 0. The summed E-state index contributed by atoms with van der Waals surface area (Å²) in [4.78, 5) is 0. The van der Waals surface area contributed by atoms with Crippen LogP contribution in [0.4, 0.5) is 0 Å². The lowest BCUT2D eigenvalue weighted by Crippen LogP contribution is -2.49. The van der Waals surface area contributed by atoms with Crippen molar-refractivity contribution >= 4 is 13.7 Å². The summed E-state index contributed by atoms with van der Waals surface area (Å²) in [6.07, 6.45) is 2.35. The molecule has 0 saturated carbocycles. The van der Waals surface area contributed by atoms with Crippen LogP contribution in [0.25, 0.3) is 0 Å². The lowest BCUT2D eigenvalue weighted by molar-refractivity contribution is 0.131. The van der Waals surface area contributed by atoms with Crippen molar-refractivity contribution in [1.29, 1.82) is 0 Å². The van der Waals surface area contributed by atoms with E-state index in [0.717, 1.165) is 5.75 Å². The zero-order chi connectivity index (χ0) is 23.7. The quantitative estimate of drug-likeness (QED) is 0.405. The molecule has 4 heteroatoms. The van der Waals surface area contributed by atoms with Gasteiger partial charge in [-0.05, 0) is 80.4 Å². The molecule has 3 nitrogen and oxygen atoms in total. The maximum atomic E-state index is 5.77. The molecule has 0 radical (unpaired) electrons. The Morgan fingerprint density at radius 3 is 1.45 bits per heavy atom. The van der Waals surface area contributed by atoms with Crippen LogP contribution >= 0.6 is 0 Å². The molecule has 0 saturated heterocycles. The fraction of sp³-hybridized carbons (Fsp3) is 0.556. The van der Waals surface area contributed by atoms with Gasteiger partial charge in [0.1, 0.15) is 11.4 Å². The SMILES string of the molecule is CCC(C)c1ccc(OC(C)(C)C)cc1.CCC(C)c1ccc([Si](C)(OC)OC)cc1. The van der Waals surface area contributed by atoms with Gasteiger partial charge in [0.15, 0.2) is 0 Å². The molecular formula is C27H44O3Si. The Morgan fingerprint density at radius 1 is 0.742 bits per heavy atom. The minimum Gasteiger partial charge on any atom is -0.488 e. The first-order valence-corrected chi connectivity index (χ1v) is 13.8. The molecule has 174 valence electrons. The van der Waals surface area contributed by atoms with E-state index < -0.39 is 8.56 Å². The Morgan fingerprint density at radius 2 is 1.13 bits per heavy atom. The second-order valence-electron chi connectivity index (χ2n) is 9.38. The predicted molar refractivity (Wildman–Crippen MR) is 136 cm³/mol. The first kappa shape index (κ1) is 27.4. The van der Waals surface area contributed by atoms with Gasteiger partial charge in [0.25, 0.3) is 0 Å². The molecule has 0 aliphatic carbocycles. The van der Waals surface area contributed by atoms with E-state index in [4.69, 9.17) is 13.6 Å². The average molecular weight is 445 g/mol. The Hall–Kier alpha value is -1.62. The summed E-state index contributed by atoms with van der Waals surface area (Å²) in [7, 11) is 1.30. The molecule has 0 aliphatic rings. The second kappa shape index (κ2) is 12.4.